The number of rotatable bonds is 9. The molecular formula is C24H27N5O2S. The Hall–Kier alpha value is -3.13. The fraction of sp³-hybridized carbons (Fsp3) is 0.333. The van der Waals surface area contributed by atoms with Gasteiger partial charge in [0.1, 0.15) is 0 Å². The van der Waals surface area contributed by atoms with Gasteiger partial charge >= 0.3 is 0 Å². The van der Waals surface area contributed by atoms with Gasteiger partial charge < -0.3 is 5.32 Å². The fourth-order valence-corrected chi connectivity index (χ4v) is 4.54. The fourth-order valence-electron chi connectivity index (χ4n) is 3.79. The Morgan fingerprint density at radius 1 is 1.06 bits per heavy atom. The number of nitrogens with one attached hydrogen (secondary N) is 1. The molecule has 1 N–H and O–H groups in total. The monoisotopic (exact) mass is 449 g/mol. The van der Waals surface area contributed by atoms with E-state index >= 15 is 0 Å². The van der Waals surface area contributed by atoms with Crippen LogP contribution in [0.1, 0.15) is 44.7 Å². The number of nitrogens with zero attached hydrogens (tertiary/aromatic N) is 4. The molecule has 0 aliphatic heterocycles. The molecule has 0 bridgehead atoms. The number of thioether (sulfide) groups is 1. The molecule has 0 saturated heterocycles. The lowest BCUT2D eigenvalue weighted by molar-refractivity contribution is -0.119. The summed E-state index contributed by atoms with van der Waals surface area (Å²) in [7, 11) is 0. The van der Waals surface area contributed by atoms with Crippen LogP contribution in [0, 0.1) is 0 Å². The Balaban J connectivity index is 1.59. The minimum Gasteiger partial charge on any atom is -0.349 e. The van der Waals surface area contributed by atoms with Crippen LogP contribution in [0.5, 0.6) is 0 Å². The van der Waals surface area contributed by atoms with Crippen LogP contribution in [-0.2, 0) is 11.3 Å². The van der Waals surface area contributed by atoms with Crippen molar-refractivity contribution in [3.05, 3.63) is 70.5 Å². The molecule has 1 atom stereocenters. The average molecular weight is 450 g/mol. The minimum absolute atomic E-state index is 0.0532. The zero-order chi connectivity index (χ0) is 22.5. The molecule has 0 spiro atoms. The summed E-state index contributed by atoms with van der Waals surface area (Å²) in [6, 6.07) is 17.3. The molecule has 0 radical (unpaired) electrons. The highest BCUT2D eigenvalue weighted by Crippen LogP contribution is 2.22. The first-order valence-corrected chi connectivity index (χ1v) is 11.9. The summed E-state index contributed by atoms with van der Waals surface area (Å²) in [5, 5.41) is 12.9. The van der Waals surface area contributed by atoms with Crippen LogP contribution < -0.4 is 10.9 Å². The van der Waals surface area contributed by atoms with Gasteiger partial charge in [-0.3, -0.25) is 18.6 Å². The Morgan fingerprint density at radius 2 is 1.81 bits per heavy atom. The van der Waals surface area contributed by atoms with E-state index in [0.717, 1.165) is 30.3 Å². The lowest BCUT2D eigenvalue weighted by Gasteiger charge is -2.14. The van der Waals surface area contributed by atoms with E-state index in [1.165, 1.54) is 11.8 Å². The third-order valence-electron chi connectivity index (χ3n) is 5.47. The van der Waals surface area contributed by atoms with Crippen molar-refractivity contribution in [3.8, 4) is 0 Å². The Labute approximate surface area is 190 Å². The third-order valence-corrected chi connectivity index (χ3v) is 6.40. The number of aryl methyl sites for hydroxylation is 1. The van der Waals surface area contributed by atoms with Gasteiger partial charge in [-0.05, 0) is 31.0 Å². The molecule has 1 unspecified atom stereocenters. The number of carbonyl (C=O) groups is 1. The number of unbranched alkanes of at least 4 members (excludes halogenated alkanes) is 2. The summed E-state index contributed by atoms with van der Waals surface area (Å²) in [5.41, 5.74) is 1.76. The van der Waals surface area contributed by atoms with Gasteiger partial charge in [-0.15, -0.1) is 10.2 Å². The van der Waals surface area contributed by atoms with Crippen LogP contribution in [0.15, 0.2) is 64.5 Å². The number of amides is 1. The van der Waals surface area contributed by atoms with Gasteiger partial charge in [-0.2, -0.15) is 0 Å². The first kappa shape index (κ1) is 22.1. The SMILES string of the molecule is CCCCCn1c(=O)c2ccccc2n2c(SCC(=O)NC(C)c3ccccc3)nnc12. The van der Waals surface area contributed by atoms with Crippen LogP contribution in [-0.4, -0.2) is 30.8 Å². The molecule has 4 aromatic rings. The molecule has 4 rings (SSSR count). The molecule has 0 saturated carbocycles. The van der Waals surface area contributed by atoms with Gasteiger partial charge in [0.25, 0.3) is 5.56 Å². The summed E-state index contributed by atoms with van der Waals surface area (Å²) in [4.78, 5) is 25.7. The predicted octanol–water partition coefficient (Wildman–Crippen LogP) is 4.20. The number of benzene rings is 2. The van der Waals surface area contributed by atoms with Gasteiger partial charge in [0, 0.05) is 6.54 Å². The molecule has 2 aromatic carbocycles. The Kier molecular flexibility index (Phi) is 6.90. The van der Waals surface area contributed by atoms with Crippen molar-refractivity contribution in [3.63, 3.8) is 0 Å². The van der Waals surface area contributed by atoms with Crippen molar-refractivity contribution in [1.29, 1.82) is 0 Å². The number of hydrogen-bond acceptors (Lipinski definition) is 5. The number of fused-ring (bicyclic) bond motifs is 3. The topological polar surface area (TPSA) is 81.3 Å². The maximum absolute atomic E-state index is 13.1. The molecular weight excluding hydrogens is 422 g/mol. The number of aromatic nitrogens is 4. The lowest BCUT2D eigenvalue weighted by atomic mass is 10.1. The number of para-hydroxylation sites is 1. The molecule has 0 aliphatic rings. The Bertz CT molecular complexity index is 1280. The highest BCUT2D eigenvalue weighted by molar-refractivity contribution is 7.99. The summed E-state index contributed by atoms with van der Waals surface area (Å²) in [5.74, 6) is 0.649. The lowest BCUT2D eigenvalue weighted by Crippen LogP contribution is -2.28. The van der Waals surface area contributed by atoms with E-state index < -0.39 is 0 Å². The quantitative estimate of drug-likeness (QED) is 0.306. The molecule has 166 valence electrons. The molecule has 7 nitrogen and oxygen atoms in total. The van der Waals surface area contributed by atoms with Crippen LogP contribution in [0.3, 0.4) is 0 Å². The molecule has 8 heteroatoms. The first-order valence-electron chi connectivity index (χ1n) is 10.9. The third kappa shape index (κ3) is 4.55. The van der Waals surface area contributed by atoms with Crippen LogP contribution in [0.25, 0.3) is 16.7 Å². The predicted molar refractivity (Wildman–Crippen MR) is 128 cm³/mol. The van der Waals surface area contributed by atoms with Crippen LogP contribution in [0.4, 0.5) is 0 Å². The van der Waals surface area contributed by atoms with Gasteiger partial charge in [-0.1, -0.05) is 74.0 Å². The molecule has 2 aromatic heterocycles. The molecule has 32 heavy (non-hydrogen) atoms. The zero-order valence-corrected chi connectivity index (χ0v) is 19.1. The van der Waals surface area contributed by atoms with E-state index in [9.17, 15) is 9.59 Å². The maximum Gasteiger partial charge on any atom is 0.262 e. The van der Waals surface area contributed by atoms with Crippen molar-refractivity contribution in [1.82, 2.24) is 24.5 Å². The van der Waals surface area contributed by atoms with Crippen molar-refractivity contribution < 1.29 is 4.79 Å². The Morgan fingerprint density at radius 3 is 2.59 bits per heavy atom. The largest absolute Gasteiger partial charge is 0.349 e. The summed E-state index contributed by atoms with van der Waals surface area (Å²) < 4.78 is 3.59. The van der Waals surface area contributed by atoms with Crippen molar-refractivity contribution in [2.75, 3.05) is 5.75 Å². The van der Waals surface area contributed by atoms with Crippen molar-refractivity contribution in [2.24, 2.45) is 0 Å². The normalized spacial score (nSPS) is 12.3. The first-order chi connectivity index (χ1) is 15.6. The average Bonchev–Trinajstić information content (AvgIpc) is 3.24. The molecule has 0 fully saturated rings. The highest BCUT2D eigenvalue weighted by atomic mass is 32.2. The van der Waals surface area contributed by atoms with E-state index in [-0.39, 0.29) is 23.3 Å². The van der Waals surface area contributed by atoms with Gasteiger partial charge in [0.05, 0.1) is 22.7 Å². The second-order valence-electron chi connectivity index (χ2n) is 7.79. The highest BCUT2D eigenvalue weighted by Gasteiger charge is 2.18. The zero-order valence-electron chi connectivity index (χ0n) is 18.3. The smallest absolute Gasteiger partial charge is 0.262 e. The second kappa shape index (κ2) is 9.99. The minimum atomic E-state index is -0.0799. The summed E-state index contributed by atoms with van der Waals surface area (Å²) >= 11 is 1.32. The number of hydrogen-bond donors (Lipinski definition) is 1. The van der Waals surface area contributed by atoms with Gasteiger partial charge in [0.2, 0.25) is 11.7 Å². The maximum atomic E-state index is 13.1. The molecule has 1 amide bonds. The standard InChI is InChI=1S/C24H27N5O2S/c1-3-4-10-15-28-22(31)19-13-8-9-14-20(19)29-23(28)26-27-24(29)32-16-21(30)25-17(2)18-11-6-5-7-12-18/h5-9,11-14,17H,3-4,10,15-16H2,1-2H3,(H,25,30). The van der Waals surface area contributed by atoms with Crippen LogP contribution in [0.2, 0.25) is 0 Å². The van der Waals surface area contributed by atoms with Crippen molar-refractivity contribution >= 4 is 34.3 Å². The summed E-state index contributed by atoms with van der Waals surface area (Å²) in [6.07, 6.45) is 3.02. The van der Waals surface area contributed by atoms with Crippen LogP contribution >= 0.6 is 11.8 Å². The van der Waals surface area contributed by atoms with E-state index in [1.54, 1.807) is 4.57 Å². The van der Waals surface area contributed by atoms with Gasteiger partial charge in [-0.25, -0.2) is 0 Å². The van der Waals surface area contributed by atoms with Gasteiger partial charge in [0.15, 0.2) is 5.16 Å². The van der Waals surface area contributed by atoms with E-state index in [2.05, 4.69) is 22.4 Å². The van der Waals surface area contributed by atoms with E-state index in [1.807, 2.05) is 65.9 Å². The van der Waals surface area contributed by atoms with E-state index in [0.29, 0.717) is 22.9 Å². The molecule has 2 heterocycles. The number of carbonyl (C=O) groups excluding carboxylic acids is 1. The summed E-state index contributed by atoms with van der Waals surface area (Å²) in [6.45, 7) is 4.69. The molecule has 0 aliphatic carbocycles. The van der Waals surface area contributed by atoms with E-state index in [4.69, 9.17) is 0 Å². The van der Waals surface area contributed by atoms with Crippen molar-refractivity contribution in [2.45, 2.75) is 50.9 Å². The second-order valence-corrected chi connectivity index (χ2v) is 8.73.